The maximum Gasteiger partial charge on any atom is 0.208 e. The zero-order chi connectivity index (χ0) is 15.8. The Kier molecular flexibility index (Phi) is 3.34. The molecule has 0 fully saturated rings. The molecule has 23 heavy (non-hydrogen) atoms. The number of Topliss-reactive ketones (excluding diaryl/α,β-unsaturated/α-hetero) is 1. The summed E-state index contributed by atoms with van der Waals surface area (Å²) in [4.78, 5) is 21.2. The standard InChI is InChI=1S/C16H12N4O2S/c1-10-17-15-11-5-2-3-6-12(11)18-16(20(15)19-10)23-9-13(21)14-7-4-8-22-14/h2-8H,9H2,1H3. The summed E-state index contributed by atoms with van der Waals surface area (Å²) in [6.07, 6.45) is 1.49. The van der Waals surface area contributed by atoms with Gasteiger partial charge in [-0.05, 0) is 31.2 Å². The molecule has 3 aromatic heterocycles. The fourth-order valence-electron chi connectivity index (χ4n) is 2.37. The Hall–Kier alpha value is -2.67. The van der Waals surface area contributed by atoms with E-state index in [1.165, 1.54) is 18.0 Å². The average molecular weight is 324 g/mol. The fourth-order valence-corrected chi connectivity index (χ4v) is 3.18. The summed E-state index contributed by atoms with van der Waals surface area (Å²) in [5.74, 6) is 1.17. The lowest BCUT2D eigenvalue weighted by Gasteiger charge is -2.05. The number of nitrogens with zero attached hydrogens (tertiary/aromatic N) is 4. The molecule has 0 unspecified atom stereocenters. The fraction of sp³-hybridized carbons (Fsp3) is 0.125. The van der Waals surface area contributed by atoms with Gasteiger partial charge in [0.25, 0.3) is 0 Å². The van der Waals surface area contributed by atoms with Gasteiger partial charge in [-0.15, -0.1) is 5.10 Å². The first-order valence-electron chi connectivity index (χ1n) is 7.04. The highest BCUT2D eigenvalue weighted by Gasteiger charge is 2.15. The molecule has 0 N–H and O–H groups in total. The van der Waals surface area contributed by atoms with Crippen molar-refractivity contribution >= 4 is 34.1 Å². The van der Waals surface area contributed by atoms with Crippen LogP contribution in [0.15, 0.2) is 52.2 Å². The average Bonchev–Trinajstić information content (AvgIpc) is 3.21. The van der Waals surface area contributed by atoms with Crippen LogP contribution in [0.25, 0.3) is 16.6 Å². The molecule has 0 saturated carbocycles. The third-order valence-electron chi connectivity index (χ3n) is 3.38. The molecule has 4 aromatic rings. The van der Waals surface area contributed by atoms with Gasteiger partial charge >= 0.3 is 0 Å². The summed E-state index contributed by atoms with van der Waals surface area (Å²) < 4.78 is 6.82. The Labute approximate surface area is 135 Å². The summed E-state index contributed by atoms with van der Waals surface area (Å²) >= 11 is 1.32. The first kappa shape index (κ1) is 14.0. The topological polar surface area (TPSA) is 73.3 Å². The van der Waals surface area contributed by atoms with Crippen molar-refractivity contribution in [2.45, 2.75) is 12.1 Å². The lowest BCUT2D eigenvalue weighted by Crippen LogP contribution is -2.04. The Morgan fingerprint density at radius 3 is 2.91 bits per heavy atom. The predicted octanol–water partition coefficient (Wildman–Crippen LogP) is 3.15. The molecule has 6 nitrogen and oxygen atoms in total. The van der Waals surface area contributed by atoms with E-state index in [2.05, 4.69) is 15.1 Å². The van der Waals surface area contributed by atoms with Crippen LogP contribution in [0.5, 0.6) is 0 Å². The smallest absolute Gasteiger partial charge is 0.208 e. The number of thioether (sulfide) groups is 1. The van der Waals surface area contributed by atoms with E-state index in [9.17, 15) is 4.79 Å². The Bertz CT molecular complexity index is 1010. The van der Waals surface area contributed by atoms with Gasteiger partial charge in [0.15, 0.2) is 16.6 Å². The number of ketones is 1. The van der Waals surface area contributed by atoms with E-state index in [1.807, 2.05) is 31.2 Å². The molecule has 0 bridgehead atoms. The van der Waals surface area contributed by atoms with Crippen LogP contribution in [0.1, 0.15) is 16.4 Å². The van der Waals surface area contributed by atoms with Crippen molar-refractivity contribution in [1.82, 2.24) is 19.6 Å². The van der Waals surface area contributed by atoms with Crippen molar-refractivity contribution in [1.29, 1.82) is 0 Å². The van der Waals surface area contributed by atoms with Crippen LogP contribution in [0, 0.1) is 6.92 Å². The van der Waals surface area contributed by atoms with Crippen molar-refractivity contribution < 1.29 is 9.21 Å². The second-order valence-electron chi connectivity index (χ2n) is 5.00. The maximum absolute atomic E-state index is 12.1. The highest BCUT2D eigenvalue weighted by atomic mass is 32.2. The van der Waals surface area contributed by atoms with Crippen LogP contribution in [-0.2, 0) is 0 Å². The zero-order valence-corrected chi connectivity index (χ0v) is 13.1. The monoisotopic (exact) mass is 324 g/mol. The Balaban J connectivity index is 1.74. The number of carbonyl (C=O) groups excluding carboxylic acids is 1. The lowest BCUT2D eigenvalue weighted by molar-refractivity contribution is 0.0992. The number of furan rings is 1. The van der Waals surface area contributed by atoms with Crippen molar-refractivity contribution in [2.24, 2.45) is 0 Å². The van der Waals surface area contributed by atoms with Crippen molar-refractivity contribution in [2.75, 3.05) is 5.75 Å². The second-order valence-corrected chi connectivity index (χ2v) is 5.94. The summed E-state index contributed by atoms with van der Waals surface area (Å²) in [5, 5.41) is 5.97. The van der Waals surface area contributed by atoms with E-state index in [1.54, 1.807) is 16.6 Å². The summed E-state index contributed by atoms with van der Waals surface area (Å²) in [6, 6.07) is 11.1. The molecule has 0 aliphatic carbocycles. The number of carbonyl (C=O) groups is 1. The number of fused-ring (bicyclic) bond motifs is 3. The number of aromatic nitrogens is 4. The minimum Gasteiger partial charge on any atom is -0.461 e. The van der Waals surface area contributed by atoms with Gasteiger partial charge in [-0.25, -0.2) is 9.97 Å². The van der Waals surface area contributed by atoms with Crippen LogP contribution < -0.4 is 0 Å². The van der Waals surface area contributed by atoms with Gasteiger partial charge in [0.05, 0.1) is 17.5 Å². The van der Waals surface area contributed by atoms with Crippen molar-refractivity contribution in [3.8, 4) is 0 Å². The van der Waals surface area contributed by atoms with E-state index < -0.39 is 0 Å². The molecular weight excluding hydrogens is 312 g/mol. The van der Waals surface area contributed by atoms with E-state index in [4.69, 9.17) is 4.42 Å². The van der Waals surface area contributed by atoms with Gasteiger partial charge in [-0.2, -0.15) is 4.52 Å². The van der Waals surface area contributed by atoms with Crippen LogP contribution in [0.2, 0.25) is 0 Å². The molecule has 0 aliphatic rings. The summed E-state index contributed by atoms with van der Waals surface area (Å²) in [7, 11) is 0. The quantitative estimate of drug-likeness (QED) is 0.326. The van der Waals surface area contributed by atoms with Crippen molar-refractivity contribution in [3.05, 3.63) is 54.2 Å². The lowest BCUT2D eigenvalue weighted by atomic mass is 10.2. The maximum atomic E-state index is 12.1. The first-order valence-corrected chi connectivity index (χ1v) is 8.02. The Morgan fingerprint density at radius 2 is 2.09 bits per heavy atom. The minimum absolute atomic E-state index is 0.0834. The first-order chi connectivity index (χ1) is 11.2. The normalized spacial score (nSPS) is 11.3. The van der Waals surface area contributed by atoms with Gasteiger partial charge in [0.2, 0.25) is 5.78 Å². The zero-order valence-electron chi connectivity index (χ0n) is 12.3. The SMILES string of the molecule is Cc1nc2c3ccccc3nc(SCC(=O)c3ccco3)n2n1. The predicted molar refractivity (Wildman–Crippen MR) is 86.8 cm³/mol. The van der Waals surface area contributed by atoms with Crippen LogP contribution >= 0.6 is 11.8 Å². The highest BCUT2D eigenvalue weighted by molar-refractivity contribution is 7.99. The van der Waals surface area contributed by atoms with Gasteiger partial charge < -0.3 is 4.42 Å². The van der Waals surface area contributed by atoms with Gasteiger partial charge in [-0.3, -0.25) is 4.79 Å². The summed E-state index contributed by atoms with van der Waals surface area (Å²) in [6.45, 7) is 1.84. The molecule has 0 radical (unpaired) electrons. The van der Waals surface area contributed by atoms with Crippen LogP contribution in [-0.4, -0.2) is 31.1 Å². The van der Waals surface area contributed by atoms with E-state index in [0.29, 0.717) is 16.7 Å². The molecular formula is C16H12N4O2S. The third-order valence-corrected chi connectivity index (χ3v) is 4.31. The molecule has 7 heteroatoms. The van der Waals surface area contributed by atoms with Gasteiger partial charge in [0, 0.05) is 5.39 Å². The van der Waals surface area contributed by atoms with Gasteiger partial charge in [-0.1, -0.05) is 23.9 Å². The van der Waals surface area contributed by atoms with E-state index in [0.717, 1.165) is 16.6 Å². The molecule has 3 heterocycles. The highest BCUT2D eigenvalue weighted by Crippen LogP contribution is 2.24. The van der Waals surface area contributed by atoms with Crippen LogP contribution in [0.4, 0.5) is 0 Å². The molecule has 0 spiro atoms. The third kappa shape index (κ3) is 2.49. The largest absolute Gasteiger partial charge is 0.461 e. The number of hydrogen-bond donors (Lipinski definition) is 0. The molecule has 1 aromatic carbocycles. The summed E-state index contributed by atoms with van der Waals surface area (Å²) in [5.41, 5.74) is 1.58. The van der Waals surface area contributed by atoms with E-state index >= 15 is 0 Å². The number of hydrogen-bond acceptors (Lipinski definition) is 6. The number of benzene rings is 1. The molecule has 0 atom stereocenters. The van der Waals surface area contributed by atoms with Crippen molar-refractivity contribution in [3.63, 3.8) is 0 Å². The molecule has 114 valence electrons. The molecule has 4 rings (SSSR count). The number of aryl methyl sites for hydroxylation is 1. The molecule has 0 amide bonds. The number of rotatable bonds is 4. The number of para-hydroxylation sites is 1. The van der Waals surface area contributed by atoms with Crippen LogP contribution in [0.3, 0.4) is 0 Å². The van der Waals surface area contributed by atoms with E-state index in [-0.39, 0.29) is 11.5 Å². The second kappa shape index (κ2) is 5.51. The van der Waals surface area contributed by atoms with Gasteiger partial charge in [0.1, 0.15) is 5.82 Å². The Morgan fingerprint density at radius 1 is 1.22 bits per heavy atom. The minimum atomic E-state index is -0.0834. The molecule has 0 saturated heterocycles. The molecule has 0 aliphatic heterocycles.